The van der Waals surface area contributed by atoms with Gasteiger partial charge in [0.1, 0.15) is 0 Å². The summed E-state index contributed by atoms with van der Waals surface area (Å²) in [7, 11) is 0. The molecule has 28 heavy (non-hydrogen) atoms. The van der Waals surface area contributed by atoms with E-state index in [1.807, 2.05) is 27.7 Å². The van der Waals surface area contributed by atoms with E-state index in [2.05, 4.69) is 30.6 Å². The topological polar surface area (TPSA) is 110 Å². The monoisotopic (exact) mass is 376 g/mol. The minimum atomic E-state index is -0.475. The van der Waals surface area contributed by atoms with Gasteiger partial charge in [-0.05, 0) is 52.0 Å². The van der Waals surface area contributed by atoms with Crippen LogP contribution in [0.2, 0.25) is 0 Å². The Labute approximate surface area is 162 Å². The van der Waals surface area contributed by atoms with Gasteiger partial charge >= 0.3 is 0 Å². The number of hydrogen-bond acceptors (Lipinski definition) is 6. The van der Waals surface area contributed by atoms with Crippen molar-refractivity contribution in [1.82, 2.24) is 19.9 Å². The van der Waals surface area contributed by atoms with Crippen LogP contribution in [0, 0.1) is 27.7 Å². The van der Waals surface area contributed by atoms with Gasteiger partial charge < -0.3 is 0 Å². The first-order valence-electron chi connectivity index (χ1n) is 8.68. The number of nitrogens with one attached hydrogen (secondary N) is 2. The van der Waals surface area contributed by atoms with E-state index in [4.69, 9.17) is 0 Å². The van der Waals surface area contributed by atoms with E-state index in [1.54, 1.807) is 36.4 Å². The van der Waals surface area contributed by atoms with Crippen molar-refractivity contribution in [2.24, 2.45) is 0 Å². The highest BCUT2D eigenvalue weighted by molar-refractivity contribution is 6.14. The molecule has 3 rings (SSSR count). The maximum Gasteiger partial charge on any atom is 0.258 e. The summed E-state index contributed by atoms with van der Waals surface area (Å²) in [4.78, 5) is 42.2. The minimum Gasteiger partial charge on any atom is -0.290 e. The van der Waals surface area contributed by atoms with Gasteiger partial charge in [0, 0.05) is 22.8 Å². The number of aryl methyl sites for hydroxylation is 4. The lowest BCUT2D eigenvalue weighted by Crippen LogP contribution is -2.22. The molecule has 2 N–H and O–H groups in total. The molecule has 0 fully saturated rings. The molecule has 0 aliphatic heterocycles. The molecule has 0 saturated heterocycles. The average Bonchev–Trinajstić information content (AvgIpc) is 2.59. The number of anilines is 2. The molecule has 8 nitrogen and oxygen atoms in total. The van der Waals surface area contributed by atoms with Crippen molar-refractivity contribution < 1.29 is 9.59 Å². The fraction of sp³-hybridized carbons (Fsp3) is 0.200. The number of hydrogen-bond donors (Lipinski definition) is 2. The smallest absolute Gasteiger partial charge is 0.258 e. The summed E-state index contributed by atoms with van der Waals surface area (Å²) < 4.78 is 0. The van der Waals surface area contributed by atoms with E-state index in [9.17, 15) is 9.59 Å². The number of carbonyl (C=O) groups excluding carboxylic acids is 2. The molecule has 8 heteroatoms. The standard InChI is InChI=1S/C20H20N6O2/c1-11-9-12(2)22-19(21-11)25-17(27)15-7-5-6-8-16(15)18(28)26-20-23-13(3)10-14(4)24-20/h5-10H,1-4H3,(H,21,22,25,27)(H,23,24,26,28). The summed E-state index contributed by atoms with van der Waals surface area (Å²) in [6, 6.07) is 10.1. The molecule has 0 atom stereocenters. The van der Waals surface area contributed by atoms with Crippen LogP contribution in [0.5, 0.6) is 0 Å². The predicted octanol–water partition coefficient (Wildman–Crippen LogP) is 3.00. The van der Waals surface area contributed by atoms with E-state index in [0.29, 0.717) is 0 Å². The number of nitrogens with zero attached hydrogens (tertiary/aromatic N) is 4. The molecular weight excluding hydrogens is 356 g/mol. The van der Waals surface area contributed by atoms with E-state index in [1.165, 1.54) is 0 Å². The normalized spacial score (nSPS) is 10.4. The fourth-order valence-electron chi connectivity index (χ4n) is 2.78. The van der Waals surface area contributed by atoms with Crippen LogP contribution in [0.1, 0.15) is 43.5 Å². The van der Waals surface area contributed by atoms with E-state index < -0.39 is 11.8 Å². The largest absolute Gasteiger partial charge is 0.290 e. The summed E-state index contributed by atoms with van der Waals surface area (Å²) in [5.41, 5.74) is 3.35. The average molecular weight is 376 g/mol. The highest BCUT2D eigenvalue weighted by atomic mass is 16.2. The zero-order valence-corrected chi connectivity index (χ0v) is 16.1. The van der Waals surface area contributed by atoms with Gasteiger partial charge in [0.15, 0.2) is 0 Å². The van der Waals surface area contributed by atoms with Crippen molar-refractivity contribution >= 4 is 23.7 Å². The Balaban J connectivity index is 1.85. The van der Waals surface area contributed by atoms with Gasteiger partial charge in [-0.2, -0.15) is 0 Å². The van der Waals surface area contributed by atoms with E-state index >= 15 is 0 Å². The Kier molecular flexibility index (Phi) is 5.39. The van der Waals surface area contributed by atoms with Crippen LogP contribution in [-0.2, 0) is 0 Å². The van der Waals surface area contributed by atoms with Gasteiger partial charge in [-0.1, -0.05) is 12.1 Å². The van der Waals surface area contributed by atoms with Gasteiger partial charge in [-0.3, -0.25) is 20.2 Å². The maximum atomic E-state index is 12.7. The van der Waals surface area contributed by atoms with Gasteiger partial charge in [-0.25, -0.2) is 19.9 Å². The number of benzene rings is 1. The van der Waals surface area contributed by atoms with Crippen LogP contribution >= 0.6 is 0 Å². The van der Waals surface area contributed by atoms with Gasteiger partial charge in [0.2, 0.25) is 11.9 Å². The van der Waals surface area contributed by atoms with Crippen molar-refractivity contribution in [3.05, 3.63) is 70.3 Å². The van der Waals surface area contributed by atoms with Crippen molar-refractivity contribution in [1.29, 1.82) is 0 Å². The second-order valence-corrected chi connectivity index (χ2v) is 6.40. The van der Waals surface area contributed by atoms with Crippen LogP contribution < -0.4 is 10.6 Å². The van der Waals surface area contributed by atoms with Crippen molar-refractivity contribution in [3.8, 4) is 0 Å². The Morgan fingerprint density at radius 2 is 0.964 bits per heavy atom. The fourth-order valence-corrected chi connectivity index (χ4v) is 2.78. The zero-order valence-electron chi connectivity index (χ0n) is 16.1. The highest BCUT2D eigenvalue weighted by Crippen LogP contribution is 2.14. The third-order valence-electron chi connectivity index (χ3n) is 3.83. The number of amides is 2. The number of aromatic nitrogens is 4. The summed E-state index contributed by atoms with van der Waals surface area (Å²) in [5.74, 6) is -0.570. The lowest BCUT2D eigenvalue weighted by molar-refractivity contribution is 0.0989. The second kappa shape index (κ2) is 7.91. The molecule has 2 heterocycles. The molecule has 142 valence electrons. The van der Waals surface area contributed by atoms with E-state index in [0.717, 1.165) is 22.8 Å². The van der Waals surface area contributed by atoms with E-state index in [-0.39, 0.29) is 23.0 Å². The Morgan fingerprint density at radius 1 is 0.643 bits per heavy atom. The molecule has 0 saturated carbocycles. The molecule has 0 unspecified atom stereocenters. The lowest BCUT2D eigenvalue weighted by atomic mass is 10.1. The Morgan fingerprint density at radius 3 is 1.29 bits per heavy atom. The van der Waals surface area contributed by atoms with Gasteiger partial charge in [0.05, 0.1) is 11.1 Å². The molecular formula is C20H20N6O2. The summed E-state index contributed by atoms with van der Waals surface area (Å²) in [5, 5.41) is 5.29. The minimum absolute atomic E-state index is 0.190. The van der Waals surface area contributed by atoms with Crippen LogP contribution in [-0.4, -0.2) is 31.8 Å². The third kappa shape index (κ3) is 4.53. The van der Waals surface area contributed by atoms with Crippen molar-refractivity contribution in [3.63, 3.8) is 0 Å². The predicted molar refractivity (Wildman–Crippen MR) is 105 cm³/mol. The second-order valence-electron chi connectivity index (χ2n) is 6.40. The summed E-state index contributed by atoms with van der Waals surface area (Å²) >= 11 is 0. The van der Waals surface area contributed by atoms with Crippen molar-refractivity contribution in [2.45, 2.75) is 27.7 Å². The number of rotatable bonds is 4. The molecule has 0 spiro atoms. The molecule has 2 amide bonds. The molecule has 0 bridgehead atoms. The first kappa shape index (κ1) is 19.1. The molecule has 3 aromatic rings. The van der Waals surface area contributed by atoms with Crippen LogP contribution in [0.4, 0.5) is 11.9 Å². The van der Waals surface area contributed by atoms with Crippen molar-refractivity contribution in [2.75, 3.05) is 10.6 Å². The SMILES string of the molecule is Cc1cc(C)nc(NC(=O)c2ccccc2C(=O)Nc2nc(C)cc(C)n2)n1. The van der Waals surface area contributed by atoms with Crippen LogP contribution in [0.25, 0.3) is 0 Å². The molecule has 1 aromatic carbocycles. The zero-order chi connectivity index (χ0) is 20.3. The maximum absolute atomic E-state index is 12.7. The molecule has 0 aliphatic carbocycles. The van der Waals surface area contributed by atoms with Crippen LogP contribution in [0.3, 0.4) is 0 Å². The molecule has 0 aliphatic rings. The molecule has 0 radical (unpaired) electrons. The lowest BCUT2D eigenvalue weighted by Gasteiger charge is -2.10. The highest BCUT2D eigenvalue weighted by Gasteiger charge is 2.18. The quantitative estimate of drug-likeness (QED) is 0.724. The van der Waals surface area contributed by atoms with Gasteiger partial charge in [-0.15, -0.1) is 0 Å². The first-order chi connectivity index (χ1) is 13.3. The molecule has 2 aromatic heterocycles. The summed E-state index contributed by atoms with van der Waals surface area (Å²) in [6.45, 7) is 7.26. The van der Waals surface area contributed by atoms with Gasteiger partial charge in [0.25, 0.3) is 11.8 Å². The van der Waals surface area contributed by atoms with Crippen LogP contribution in [0.15, 0.2) is 36.4 Å². The Bertz CT molecular complexity index is 939. The summed E-state index contributed by atoms with van der Waals surface area (Å²) in [6.07, 6.45) is 0. The number of carbonyl (C=O) groups is 2. The Hall–Kier alpha value is -3.68. The third-order valence-corrected chi connectivity index (χ3v) is 3.83. The first-order valence-corrected chi connectivity index (χ1v) is 8.68.